The molecule has 0 spiro atoms. The summed E-state index contributed by atoms with van der Waals surface area (Å²) < 4.78 is 41.9. The van der Waals surface area contributed by atoms with Crippen molar-refractivity contribution in [2.45, 2.75) is 297 Å². The molecule has 5 aromatic carbocycles. The second-order valence-electron chi connectivity index (χ2n) is 30.6. The standard InChI is InChI=1S/C19H17N2O.2C19H15N2O.C19H19N2O.C16H16NO.14C2H6/c1-11-5-6-13-14-4-3-8-20-19(14)22-18(13)16(11)17-15-10-12(15)7-9-21(17)2;1-11-5-6-14-15-4-3-7-20-19(15)22-18(14)17(11)16-9-12-8-13(12)10-21(16)2;1-11-6-7-13-14-9-12-10-15(12)20-19(14)22-18(13)17(11)16-5-3-4-8-21(16)2;1-11-6-7-12-14-10-20-15-9-13(15)18(14)22-19(12)17(11)16-5-3-4-8-21(16)2;1-10-6-7-11-12-9-14(12)18-16(11)15(10)13-5-3-4-8-17(13)2;14*1-2/h3-9,12,15H,10H2,1-2H3;3-7,9-10H,8H2,1-2H3;3-9H,10H2,1-2H3;4,6-8,10,13,15H,3,5,9H2,1-2H3;3-8,12,14H,9H2,1-2H3;14*1-2H3/q5*+1;;;;;;;;;;;;;;. The van der Waals surface area contributed by atoms with Gasteiger partial charge in [0.15, 0.2) is 59.2 Å². The van der Waals surface area contributed by atoms with Crippen LogP contribution in [0.3, 0.4) is 0 Å². The lowest BCUT2D eigenvalue weighted by Crippen LogP contribution is -2.30. The SMILES string of the molecule is CC.CC.CC.CC.CC.CC.CC.CC.CC.CC.CC.CC.CC.CC.Cc1ccc2c(c1-c1cccc[n+]1C)OC1CC21.Cc1ccc2c(oc3nc4c(cc32)C4)c1-c1cccc[n+]1C.Cc1ccc2c(oc3ncccc32)c1-c1cc2c(c[n+]1C)C2.Cc1ccc2c(oc3ncccc32)c1C1=[N+](C)C=CC2CC12.Cc1ccc2c3c(oc2c1C1=[N+](C)C=CCC1)C1CC1N=C3. The molecule has 134 heavy (non-hydrogen) atoms. The van der Waals surface area contributed by atoms with Crippen LogP contribution in [0.4, 0.5) is 0 Å². The van der Waals surface area contributed by atoms with Gasteiger partial charge in [0.05, 0.1) is 45.5 Å². The number of aromatic nitrogens is 6. The molecule has 716 valence electrons. The van der Waals surface area contributed by atoms with Gasteiger partial charge in [-0.05, 0) is 160 Å². The molecule has 14 heteroatoms. The van der Waals surface area contributed by atoms with Crippen molar-refractivity contribution in [1.82, 2.24) is 15.0 Å². The fourth-order valence-corrected chi connectivity index (χ4v) is 17.3. The summed E-state index contributed by atoms with van der Waals surface area (Å²) in [7, 11) is 10.5. The van der Waals surface area contributed by atoms with Crippen LogP contribution in [0.25, 0.3) is 111 Å². The van der Waals surface area contributed by atoms with Crippen molar-refractivity contribution in [3.8, 4) is 39.5 Å². The molecule has 14 heterocycles. The van der Waals surface area contributed by atoms with E-state index in [1.54, 1.807) is 12.4 Å². The maximum Gasteiger partial charge on any atom is 0.227 e. The van der Waals surface area contributed by atoms with Crippen molar-refractivity contribution in [2.24, 2.45) is 38.0 Å². The molecule has 9 aliphatic rings. The predicted molar refractivity (Wildman–Crippen MR) is 575 cm³/mol. The summed E-state index contributed by atoms with van der Waals surface area (Å²) in [6.45, 7) is 66.8. The van der Waals surface area contributed by atoms with E-state index in [2.05, 4.69) is 271 Å². The van der Waals surface area contributed by atoms with Gasteiger partial charge >= 0.3 is 0 Å². The number of hydrogen-bond donors (Lipinski definition) is 0. The number of allylic oxidation sites excluding steroid dienone is 2. The monoisotopic (exact) mass is 1810 g/mol. The van der Waals surface area contributed by atoms with Gasteiger partial charge in [0.1, 0.15) is 58.4 Å². The van der Waals surface area contributed by atoms with Crippen molar-refractivity contribution in [2.75, 3.05) is 14.1 Å². The number of pyridine rings is 6. The normalized spacial score (nSPS) is 16.0. The van der Waals surface area contributed by atoms with E-state index < -0.39 is 0 Å². The second-order valence-corrected chi connectivity index (χ2v) is 30.6. The summed E-state index contributed by atoms with van der Waals surface area (Å²) >= 11 is 0. The summed E-state index contributed by atoms with van der Waals surface area (Å²) in [5, 5.41) is 7.98. The van der Waals surface area contributed by atoms with Crippen LogP contribution in [0.2, 0.25) is 0 Å². The average molecular weight is 1810 g/mol. The van der Waals surface area contributed by atoms with Gasteiger partial charge in [0.25, 0.3) is 0 Å². The Hall–Kier alpha value is -11.8. The van der Waals surface area contributed by atoms with Gasteiger partial charge in [-0.15, -0.1) is 0 Å². The summed E-state index contributed by atoms with van der Waals surface area (Å²) in [6.07, 6.45) is 29.2. The van der Waals surface area contributed by atoms with Crippen molar-refractivity contribution in [3.63, 3.8) is 0 Å². The minimum absolute atomic E-state index is 0.453. The lowest BCUT2D eigenvalue weighted by atomic mass is 9.95. The van der Waals surface area contributed by atoms with Gasteiger partial charge in [-0.2, -0.15) is 0 Å². The number of nitrogens with zero attached hydrogens (tertiary/aromatic N) is 9. The van der Waals surface area contributed by atoms with Crippen LogP contribution < -0.4 is 18.4 Å². The smallest absolute Gasteiger partial charge is 0.227 e. The van der Waals surface area contributed by atoms with Gasteiger partial charge in [0, 0.05) is 134 Å². The van der Waals surface area contributed by atoms with E-state index in [0.29, 0.717) is 41.5 Å². The first-order valence-electron chi connectivity index (χ1n) is 51.4. The molecular formula is C120H166N9O5+5. The van der Waals surface area contributed by atoms with E-state index in [4.69, 9.17) is 22.4 Å². The molecule has 0 radical (unpaired) electrons. The molecule has 0 saturated heterocycles. The van der Waals surface area contributed by atoms with Crippen LogP contribution in [-0.2, 0) is 34.0 Å². The summed E-state index contributed by atoms with van der Waals surface area (Å²) in [6, 6.07) is 47.5. The third-order valence-electron chi connectivity index (χ3n) is 23.5. The quantitative estimate of drug-likeness (QED) is 0.156. The maximum atomic E-state index is 6.40. The molecule has 5 aliphatic carbocycles. The Morgan fingerprint density at radius 2 is 0.858 bits per heavy atom. The number of fused-ring (bicyclic) bond motifs is 20. The van der Waals surface area contributed by atoms with Crippen LogP contribution in [0, 0.1) is 46.5 Å². The number of benzene rings is 5. The lowest BCUT2D eigenvalue weighted by Gasteiger charge is -2.11. The summed E-state index contributed by atoms with van der Waals surface area (Å²) in [4.78, 5) is 18.0. The highest BCUT2D eigenvalue weighted by Gasteiger charge is 2.51. The third kappa shape index (κ3) is 23.8. The van der Waals surface area contributed by atoms with Crippen molar-refractivity contribution in [3.05, 3.63) is 267 Å². The Morgan fingerprint density at radius 3 is 1.41 bits per heavy atom. The van der Waals surface area contributed by atoms with Crippen LogP contribution >= 0.6 is 0 Å². The Morgan fingerprint density at radius 1 is 0.373 bits per heavy atom. The van der Waals surface area contributed by atoms with Crippen LogP contribution in [0.15, 0.2) is 212 Å². The molecule has 6 atom stereocenters. The topological polar surface area (TPSA) is 130 Å². The predicted octanol–water partition coefficient (Wildman–Crippen LogP) is 32.1. The fourth-order valence-electron chi connectivity index (χ4n) is 17.3. The van der Waals surface area contributed by atoms with Gasteiger partial charge in [-0.1, -0.05) is 255 Å². The number of aliphatic imine (C=N–C) groups is 1. The summed E-state index contributed by atoms with van der Waals surface area (Å²) in [5.41, 5.74) is 32.9. The number of furan rings is 4. The molecule has 24 rings (SSSR count). The van der Waals surface area contributed by atoms with E-state index in [1.165, 1.54) is 125 Å². The van der Waals surface area contributed by atoms with Crippen LogP contribution in [-0.4, -0.2) is 68.0 Å². The number of aryl methyl sites for hydroxylation is 8. The molecule has 0 bridgehead atoms. The van der Waals surface area contributed by atoms with Gasteiger partial charge in [-0.25, -0.2) is 37.8 Å². The Kier molecular flexibility index (Phi) is 44.7. The number of hydrogen-bond acceptors (Lipinski definition) is 9. The van der Waals surface area contributed by atoms with Gasteiger partial charge < -0.3 is 22.4 Å². The zero-order valence-electron chi connectivity index (χ0n) is 89.5. The second kappa shape index (κ2) is 53.9. The minimum Gasteiger partial charge on any atom is -0.489 e. The number of ether oxygens (including phenoxy) is 1. The first kappa shape index (κ1) is 111. The molecule has 14 nitrogen and oxygen atoms in total. The van der Waals surface area contributed by atoms with Gasteiger partial charge in [-0.3, -0.25) is 4.99 Å². The Bertz CT molecular complexity index is 6490. The Labute approximate surface area is 806 Å². The molecule has 3 saturated carbocycles. The maximum absolute atomic E-state index is 6.40. The average Bonchev–Trinajstić information content (AvgIpc) is 1.57. The number of rotatable bonds is 5. The molecular weight excluding hydrogens is 1650 g/mol. The van der Waals surface area contributed by atoms with E-state index in [0.717, 1.165) is 121 Å². The zero-order valence-corrected chi connectivity index (χ0v) is 89.5. The van der Waals surface area contributed by atoms with E-state index >= 15 is 0 Å². The lowest BCUT2D eigenvalue weighted by molar-refractivity contribution is -0.660. The first-order chi connectivity index (χ1) is 65.7. The van der Waals surface area contributed by atoms with E-state index in [1.807, 2.05) is 218 Å². The molecule has 6 unspecified atom stereocenters. The highest BCUT2D eigenvalue weighted by atomic mass is 16.5. The molecule has 0 amide bonds. The molecule has 0 N–H and O–H groups in total. The van der Waals surface area contributed by atoms with Gasteiger partial charge in [0.2, 0.25) is 34.2 Å². The minimum atomic E-state index is 0.453. The van der Waals surface area contributed by atoms with Crippen LogP contribution in [0.1, 0.15) is 316 Å². The largest absolute Gasteiger partial charge is 0.489 e. The fraction of sp³-hybridized carbons (Fsp3) is 0.425. The van der Waals surface area contributed by atoms with Crippen molar-refractivity contribution >= 4 is 94.8 Å². The van der Waals surface area contributed by atoms with E-state index in [9.17, 15) is 0 Å². The van der Waals surface area contributed by atoms with Crippen molar-refractivity contribution < 1.29 is 45.3 Å². The summed E-state index contributed by atoms with van der Waals surface area (Å²) in [5.74, 6) is 4.82. The Balaban J connectivity index is 0.000000241. The highest BCUT2D eigenvalue weighted by Crippen LogP contribution is 2.57. The molecule has 10 aromatic heterocycles. The third-order valence-corrected chi connectivity index (χ3v) is 23.5. The molecule has 4 aliphatic heterocycles. The zero-order chi connectivity index (χ0) is 99.7. The van der Waals surface area contributed by atoms with E-state index in [-0.39, 0.29) is 0 Å². The molecule has 15 aromatic rings. The highest BCUT2D eigenvalue weighted by molar-refractivity contribution is 6.17. The van der Waals surface area contributed by atoms with Crippen molar-refractivity contribution in [1.29, 1.82) is 0 Å². The molecule has 3 fully saturated rings. The van der Waals surface area contributed by atoms with Crippen LogP contribution in [0.5, 0.6) is 5.75 Å². The first-order valence-corrected chi connectivity index (χ1v) is 51.4.